The third-order valence-electron chi connectivity index (χ3n) is 2.56. The SMILES string of the molecule is O=C(CC1CC1)Nc1cccc(CO)c1. The van der Waals surface area contributed by atoms with Gasteiger partial charge >= 0.3 is 0 Å². The summed E-state index contributed by atoms with van der Waals surface area (Å²) in [5, 5.41) is 11.8. The lowest BCUT2D eigenvalue weighted by atomic mass is 10.2. The second-order valence-electron chi connectivity index (χ2n) is 4.05. The highest BCUT2D eigenvalue weighted by Crippen LogP contribution is 2.32. The lowest BCUT2D eigenvalue weighted by Gasteiger charge is -2.05. The van der Waals surface area contributed by atoms with Crippen molar-refractivity contribution in [1.82, 2.24) is 0 Å². The van der Waals surface area contributed by atoms with E-state index in [4.69, 9.17) is 5.11 Å². The number of nitrogens with one attached hydrogen (secondary N) is 1. The minimum absolute atomic E-state index is 0.00629. The molecule has 0 bridgehead atoms. The van der Waals surface area contributed by atoms with E-state index >= 15 is 0 Å². The summed E-state index contributed by atoms with van der Waals surface area (Å²) in [4.78, 5) is 11.5. The molecule has 1 amide bonds. The van der Waals surface area contributed by atoms with Crippen molar-refractivity contribution in [2.45, 2.75) is 25.9 Å². The van der Waals surface area contributed by atoms with Crippen molar-refractivity contribution in [3.05, 3.63) is 29.8 Å². The van der Waals surface area contributed by atoms with Crippen LogP contribution < -0.4 is 5.32 Å². The Kier molecular flexibility index (Phi) is 3.02. The minimum Gasteiger partial charge on any atom is -0.392 e. The molecular formula is C12H15NO2. The zero-order chi connectivity index (χ0) is 10.7. The molecule has 1 aromatic carbocycles. The van der Waals surface area contributed by atoms with Crippen molar-refractivity contribution in [2.75, 3.05) is 5.32 Å². The molecule has 0 radical (unpaired) electrons. The molecule has 1 aromatic rings. The van der Waals surface area contributed by atoms with Gasteiger partial charge in [-0.3, -0.25) is 4.79 Å². The van der Waals surface area contributed by atoms with Crippen molar-refractivity contribution in [2.24, 2.45) is 5.92 Å². The summed E-state index contributed by atoms with van der Waals surface area (Å²) in [7, 11) is 0. The molecule has 1 fully saturated rings. The highest BCUT2D eigenvalue weighted by Gasteiger charge is 2.24. The molecule has 3 heteroatoms. The summed E-state index contributed by atoms with van der Waals surface area (Å²) in [5.41, 5.74) is 1.59. The molecule has 0 atom stereocenters. The maximum Gasteiger partial charge on any atom is 0.224 e. The van der Waals surface area contributed by atoms with Crippen molar-refractivity contribution in [1.29, 1.82) is 0 Å². The summed E-state index contributed by atoms with van der Waals surface area (Å²) in [6.45, 7) is 0.00629. The highest BCUT2D eigenvalue weighted by atomic mass is 16.3. The van der Waals surface area contributed by atoms with Crippen LogP contribution in [0.15, 0.2) is 24.3 Å². The van der Waals surface area contributed by atoms with Gasteiger partial charge in [0, 0.05) is 12.1 Å². The number of rotatable bonds is 4. The third kappa shape index (κ3) is 3.06. The number of aliphatic hydroxyl groups excluding tert-OH is 1. The fraction of sp³-hybridized carbons (Fsp3) is 0.417. The van der Waals surface area contributed by atoms with Gasteiger partial charge < -0.3 is 10.4 Å². The smallest absolute Gasteiger partial charge is 0.224 e. The summed E-state index contributed by atoms with van der Waals surface area (Å²) in [6.07, 6.45) is 3.00. The Morgan fingerprint density at radius 1 is 1.47 bits per heavy atom. The number of carbonyl (C=O) groups excluding carboxylic acids is 1. The van der Waals surface area contributed by atoms with E-state index in [9.17, 15) is 4.79 Å². The number of hydrogen-bond acceptors (Lipinski definition) is 2. The molecule has 0 aromatic heterocycles. The maximum atomic E-state index is 11.5. The highest BCUT2D eigenvalue weighted by molar-refractivity contribution is 5.91. The largest absolute Gasteiger partial charge is 0.392 e. The number of aliphatic hydroxyl groups is 1. The predicted octanol–water partition coefficient (Wildman–Crippen LogP) is 1.92. The van der Waals surface area contributed by atoms with Crippen LogP contribution in [0.4, 0.5) is 5.69 Å². The van der Waals surface area contributed by atoms with Crippen LogP contribution in [0, 0.1) is 5.92 Å². The Labute approximate surface area is 89.1 Å². The fourth-order valence-electron chi connectivity index (χ4n) is 1.54. The molecule has 1 aliphatic carbocycles. The van der Waals surface area contributed by atoms with Crippen LogP contribution in [0.5, 0.6) is 0 Å². The Bertz CT molecular complexity index is 358. The molecule has 1 aliphatic rings. The van der Waals surface area contributed by atoms with E-state index in [0.717, 1.165) is 11.3 Å². The fourth-order valence-corrected chi connectivity index (χ4v) is 1.54. The maximum absolute atomic E-state index is 11.5. The summed E-state index contributed by atoms with van der Waals surface area (Å²) < 4.78 is 0. The van der Waals surface area contributed by atoms with Gasteiger partial charge in [-0.2, -0.15) is 0 Å². The van der Waals surface area contributed by atoms with E-state index in [2.05, 4.69) is 5.32 Å². The molecule has 15 heavy (non-hydrogen) atoms. The van der Waals surface area contributed by atoms with E-state index < -0.39 is 0 Å². The van der Waals surface area contributed by atoms with Crippen LogP contribution >= 0.6 is 0 Å². The summed E-state index contributed by atoms with van der Waals surface area (Å²) in [5.74, 6) is 0.679. The van der Waals surface area contributed by atoms with Gasteiger partial charge in [0.25, 0.3) is 0 Å². The van der Waals surface area contributed by atoms with Crippen molar-refractivity contribution >= 4 is 11.6 Å². The number of benzene rings is 1. The van der Waals surface area contributed by atoms with E-state index in [1.54, 1.807) is 6.07 Å². The number of amides is 1. The first-order valence-corrected chi connectivity index (χ1v) is 5.27. The Hall–Kier alpha value is -1.35. The van der Waals surface area contributed by atoms with E-state index in [0.29, 0.717) is 12.3 Å². The molecule has 2 N–H and O–H groups in total. The summed E-state index contributed by atoms with van der Waals surface area (Å²) in [6, 6.07) is 7.30. The molecule has 80 valence electrons. The standard InChI is InChI=1S/C12H15NO2/c14-8-10-2-1-3-11(6-10)13-12(15)7-9-4-5-9/h1-3,6,9,14H,4-5,7-8H2,(H,13,15). The van der Waals surface area contributed by atoms with Crippen molar-refractivity contribution in [3.8, 4) is 0 Å². The zero-order valence-corrected chi connectivity index (χ0v) is 8.57. The Morgan fingerprint density at radius 3 is 2.93 bits per heavy atom. The molecular weight excluding hydrogens is 190 g/mol. The molecule has 2 rings (SSSR count). The van der Waals surface area contributed by atoms with Crippen LogP contribution in [-0.2, 0) is 11.4 Å². The first-order chi connectivity index (χ1) is 7.28. The Morgan fingerprint density at radius 2 is 2.27 bits per heavy atom. The topological polar surface area (TPSA) is 49.3 Å². The van der Waals surface area contributed by atoms with Crippen LogP contribution in [0.3, 0.4) is 0 Å². The first-order valence-electron chi connectivity index (χ1n) is 5.27. The molecule has 3 nitrogen and oxygen atoms in total. The first kappa shape index (κ1) is 10.2. The van der Waals surface area contributed by atoms with Crippen LogP contribution in [0.25, 0.3) is 0 Å². The van der Waals surface area contributed by atoms with Gasteiger partial charge in [0.2, 0.25) is 5.91 Å². The van der Waals surface area contributed by atoms with Crippen LogP contribution in [0.1, 0.15) is 24.8 Å². The number of carbonyl (C=O) groups is 1. The minimum atomic E-state index is 0.00629. The van der Waals surface area contributed by atoms with Crippen molar-refractivity contribution < 1.29 is 9.90 Å². The Balaban J connectivity index is 1.93. The van der Waals surface area contributed by atoms with Crippen LogP contribution in [0.2, 0.25) is 0 Å². The number of anilines is 1. The average molecular weight is 205 g/mol. The molecule has 0 heterocycles. The van der Waals surface area contributed by atoms with Gasteiger partial charge in [-0.15, -0.1) is 0 Å². The lowest BCUT2D eigenvalue weighted by Crippen LogP contribution is -2.11. The van der Waals surface area contributed by atoms with Gasteiger partial charge in [-0.25, -0.2) is 0 Å². The molecule has 1 saturated carbocycles. The molecule has 0 spiro atoms. The van der Waals surface area contributed by atoms with Crippen molar-refractivity contribution in [3.63, 3.8) is 0 Å². The van der Waals surface area contributed by atoms with Crippen LogP contribution in [-0.4, -0.2) is 11.0 Å². The summed E-state index contributed by atoms with van der Waals surface area (Å²) >= 11 is 0. The zero-order valence-electron chi connectivity index (χ0n) is 8.57. The molecule has 0 unspecified atom stereocenters. The molecule has 0 aliphatic heterocycles. The molecule has 0 saturated heterocycles. The van der Waals surface area contributed by atoms with Gasteiger partial charge in [-0.05, 0) is 36.5 Å². The van der Waals surface area contributed by atoms with Gasteiger partial charge in [0.15, 0.2) is 0 Å². The number of hydrogen-bond donors (Lipinski definition) is 2. The van der Waals surface area contributed by atoms with E-state index in [1.807, 2.05) is 18.2 Å². The van der Waals surface area contributed by atoms with E-state index in [-0.39, 0.29) is 12.5 Å². The second-order valence-corrected chi connectivity index (χ2v) is 4.05. The third-order valence-corrected chi connectivity index (χ3v) is 2.56. The van der Waals surface area contributed by atoms with E-state index in [1.165, 1.54) is 12.8 Å². The predicted molar refractivity (Wildman–Crippen MR) is 58.3 cm³/mol. The second kappa shape index (κ2) is 4.45. The normalized spacial score (nSPS) is 15.0. The van der Waals surface area contributed by atoms with Gasteiger partial charge in [0.1, 0.15) is 0 Å². The van der Waals surface area contributed by atoms with Gasteiger partial charge in [-0.1, -0.05) is 12.1 Å². The monoisotopic (exact) mass is 205 g/mol. The lowest BCUT2D eigenvalue weighted by molar-refractivity contribution is -0.116. The van der Waals surface area contributed by atoms with Gasteiger partial charge in [0.05, 0.1) is 6.61 Å². The average Bonchev–Trinajstić information content (AvgIpc) is 3.02. The quantitative estimate of drug-likeness (QED) is 0.789.